The minimum atomic E-state index is 0.0790. The van der Waals surface area contributed by atoms with Crippen LogP contribution in [0, 0.1) is 11.3 Å². The zero-order chi connectivity index (χ0) is 24.3. The molecule has 0 bridgehead atoms. The van der Waals surface area contributed by atoms with Gasteiger partial charge in [0.15, 0.2) is 5.16 Å². The molecule has 2 heterocycles. The Morgan fingerprint density at radius 3 is 2.56 bits per heavy atom. The first-order valence-corrected chi connectivity index (χ1v) is 14.5. The van der Waals surface area contributed by atoms with Crippen molar-refractivity contribution in [2.24, 2.45) is 11.3 Å². The van der Waals surface area contributed by atoms with Crippen molar-refractivity contribution in [2.75, 3.05) is 12.9 Å². The van der Waals surface area contributed by atoms with Crippen molar-refractivity contribution in [3.63, 3.8) is 0 Å². The monoisotopic (exact) mass is 498 g/mol. The lowest BCUT2D eigenvalue weighted by molar-refractivity contribution is 0.218. The second kappa shape index (κ2) is 10.9. The van der Waals surface area contributed by atoms with Gasteiger partial charge in [-0.2, -0.15) is 0 Å². The van der Waals surface area contributed by atoms with Crippen LogP contribution in [0.2, 0.25) is 0 Å². The predicted octanol–water partition coefficient (Wildman–Crippen LogP) is 7.67. The van der Waals surface area contributed by atoms with Crippen molar-refractivity contribution >= 4 is 33.3 Å². The first-order chi connectivity index (χ1) is 16.3. The minimum Gasteiger partial charge on any atom is -0.497 e. The van der Waals surface area contributed by atoms with E-state index in [1.54, 1.807) is 30.2 Å². The van der Waals surface area contributed by atoms with E-state index in [4.69, 9.17) is 9.72 Å². The summed E-state index contributed by atoms with van der Waals surface area (Å²) < 4.78 is 7.17. The van der Waals surface area contributed by atoms with Crippen LogP contribution in [0.4, 0.5) is 0 Å². The average Bonchev–Trinajstić information content (AvgIpc) is 3.19. The first kappa shape index (κ1) is 25.3. The minimum absolute atomic E-state index is 0.0790. The van der Waals surface area contributed by atoms with E-state index in [0.717, 1.165) is 58.2 Å². The number of aryl methyl sites for hydroxylation is 1. The highest BCUT2D eigenvalue weighted by Crippen LogP contribution is 2.42. The van der Waals surface area contributed by atoms with Gasteiger partial charge in [0.25, 0.3) is 5.56 Å². The van der Waals surface area contributed by atoms with Gasteiger partial charge in [-0.1, -0.05) is 65.1 Å². The average molecular weight is 499 g/mol. The molecule has 0 saturated heterocycles. The normalized spacial score (nSPS) is 16.1. The number of methoxy groups -OCH3 is 1. The highest BCUT2D eigenvalue weighted by Gasteiger charge is 2.32. The van der Waals surface area contributed by atoms with Crippen molar-refractivity contribution in [3.05, 3.63) is 45.1 Å². The summed E-state index contributed by atoms with van der Waals surface area (Å²) >= 11 is 3.47. The van der Waals surface area contributed by atoms with Crippen LogP contribution in [0.5, 0.6) is 5.75 Å². The summed E-state index contributed by atoms with van der Waals surface area (Å²) in [5.74, 6) is 2.42. The van der Waals surface area contributed by atoms with E-state index in [1.807, 2.05) is 28.8 Å². The maximum atomic E-state index is 14.0. The van der Waals surface area contributed by atoms with Gasteiger partial charge in [0, 0.05) is 10.6 Å². The van der Waals surface area contributed by atoms with Gasteiger partial charge < -0.3 is 4.74 Å². The highest BCUT2D eigenvalue weighted by atomic mass is 32.2. The molecule has 0 N–H and O–H groups in total. The Morgan fingerprint density at radius 1 is 1.15 bits per heavy atom. The lowest BCUT2D eigenvalue weighted by Gasteiger charge is -2.33. The van der Waals surface area contributed by atoms with Crippen LogP contribution >= 0.6 is 23.1 Å². The van der Waals surface area contributed by atoms with Gasteiger partial charge in [0.05, 0.1) is 18.2 Å². The molecule has 0 amide bonds. The van der Waals surface area contributed by atoms with Crippen LogP contribution in [-0.4, -0.2) is 22.4 Å². The first-order valence-electron chi connectivity index (χ1n) is 12.7. The highest BCUT2D eigenvalue weighted by molar-refractivity contribution is 7.99. The molecule has 0 unspecified atom stereocenters. The number of nitrogens with zero attached hydrogens (tertiary/aromatic N) is 2. The van der Waals surface area contributed by atoms with Crippen molar-refractivity contribution < 1.29 is 4.74 Å². The molecule has 1 aliphatic carbocycles. The van der Waals surface area contributed by atoms with Gasteiger partial charge in [-0.3, -0.25) is 9.36 Å². The van der Waals surface area contributed by atoms with E-state index in [0.29, 0.717) is 5.92 Å². The van der Waals surface area contributed by atoms with Crippen LogP contribution < -0.4 is 10.3 Å². The molecule has 4 nitrogen and oxygen atoms in total. The molecule has 0 fully saturated rings. The number of hydrogen-bond donors (Lipinski definition) is 0. The number of ether oxygens (including phenoxy) is 1. The van der Waals surface area contributed by atoms with Gasteiger partial charge in [-0.15, -0.1) is 11.3 Å². The molecule has 34 heavy (non-hydrogen) atoms. The van der Waals surface area contributed by atoms with E-state index in [1.165, 1.54) is 36.1 Å². The maximum Gasteiger partial charge on any atom is 0.267 e. The largest absolute Gasteiger partial charge is 0.497 e. The Bertz CT molecular complexity index is 1170. The van der Waals surface area contributed by atoms with Gasteiger partial charge in [0.1, 0.15) is 10.6 Å². The van der Waals surface area contributed by atoms with Crippen molar-refractivity contribution in [1.82, 2.24) is 9.55 Å². The van der Waals surface area contributed by atoms with Gasteiger partial charge in [-0.05, 0) is 66.8 Å². The van der Waals surface area contributed by atoms with Crippen LogP contribution in [0.1, 0.15) is 76.7 Å². The lowest BCUT2D eigenvalue weighted by Crippen LogP contribution is -2.27. The molecule has 2 aromatic heterocycles. The summed E-state index contributed by atoms with van der Waals surface area (Å²) in [6, 6.07) is 7.77. The molecule has 3 aromatic rings. The summed E-state index contributed by atoms with van der Waals surface area (Å²) in [6.07, 6.45) is 9.37. The smallest absolute Gasteiger partial charge is 0.267 e. The van der Waals surface area contributed by atoms with E-state index in [2.05, 4.69) is 27.7 Å². The fraction of sp³-hybridized carbons (Fsp3) is 0.571. The van der Waals surface area contributed by atoms with Crippen LogP contribution in [0.15, 0.2) is 34.2 Å². The number of fused-ring (bicyclic) bond motifs is 3. The lowest BCUT2D eigenvalue weighted by atomic mass is 9.72. The predicted molar refractivity (Wildman–Crippen MR) is 146 cm³/mol. The SMILES string of the molecule is CCCCCCCSc1nc2sc3c(c2c(=O)n1-c1ccc(OC)cc1)CC[C@H](C(C)(C)C)C3. The summed E-state index contributed by atoms with van der Waals surface area (Å²) in [5, 5.41) is 1.65. The number of thioether (sulfide) groups is 1. The molecule has 0 radical (unpaired) electrons. The zero-order valence-electron chi connectivity index (χ0n) is 21.3. The standard InChI is InChI=1S/C28H38N2O2S2/c1-6-7-8-9-10-17-33-27-29-25-24(22-16-11-19(28(2,3)4)18-23(22)34-25)26(31)30(27)20-12-14-21(32-5)15-13-20/h12-15,19H,6-11,16-18H2,1-5H3/t19-/m0/s1. The molecular formula is C28H38N2O2S2. The van der Waals surface area contributed by atoms with Crippen molar-refractivity contribution in [2.45, 2.75) is 84.2 Å². The number of benzene rings is 1. The van der Waals surface area contributed by atoms with Crippen LogP contribution in [-0.2, 0) is 12.8 Å². The Kier molecular flexibility index (Phi) is 8.08. The van der Waals surface area contributed by atoms with Gasteiger partial charge >= 0.3 is 0 Å². The van der Waals surface area contributed by atoms with E-state index >= 15 is 0 Å². The summed E-state index contributed by atoms with van der Waals surface area (Å²) in [5.41, 5.74) is 2.47. The van der Waals surface area contributed by atoms with Crippen molar-refractivity contribution in [1.29, 1.82) is 0 Å². The number of aromatic nitrogens is 2. The second-order valence-electron chi connectivity index (χ2n) is 10.5. The summed E-state index contributed by atoms with van der Waals surface area (Å²) in [4.78, 5) is 21.4. The van der Waals surface area contributed by atoms with Crippen LogP contribution in [0.25, 0.3) is 15.9 Å². The summed E-state index contributed by atoms with van der Waals surface area (Å²) in [7, 11) is 1.66. The van der Waals surface area contributed by atoms with E-state index < -0.39 is 0 Å². The molecule has 1 atom stereocenters. The van der Waals surface area contributed by atoms with Crippen LogP contribution in [0.3, 0.4) is 0 Å². The number of unbranched alkanes of at least 4 members (excludes halogenated alkanes) is 4. The Balaban J connectivity index is 1.73. The molecule has 0 spiro atoms. The number of hydrogen-bond acceptors (Lipinski definition) is 5. The molecule has 1 aliphatic rings. The van der Waals surface area contributed by atoms with Crippen molar-refractivity contribution in [3.8, 4) is 11.4 Å². The van der Waals surface area contributed by atoms with Gasteiger partial charge in [-0.25, -0.2) is 4.98 Å². The third kappa shape index (κ3) is 5.38. The molecule has 184 valence electrons. The Labute approximate surface area is 212 Å². The quantitative estimate of drug-likeness (QED) is 0.172. The third-order valence-electron chi connectivity index (χ3n) is 7.09. The fourth-order valence-corrected chi connectivity index (χ4v) is 7.22. The Hall–Kier alpha value is -1.79. The third-order valence-corrected chi connectivity index (χ3v) is 9.26. The van der Waals surface area contributed by atoms with E-state index in [9.17, 15) is 4.79 Å². The molecule has 4 rings (SSSR count). The fourth-order valence-electron chi connectivity index (χ4n) is 4.87. The molecule has 0 aliphatic heterocycles. The zero-order valence-corrected chi connectivity index (χ0v) is 22.9. The second-order valence-corrected chi connectivity index (χ2v) is 12.6. The summed E-state index contributed by atoms with van der Waals surface area (Å²) in [6.45, 7) is 9.24. The molecule has 1 aromatic carbocycles. The molecule has 0 saturated carbocycles. The molecule has 6 heteroatoms. The van der Waals surface area contributed by atoms with Gasteiger partial charge in [0.2, 0.25) is 0 Å². The topological polar surface area (TPSA) is 44.1 Å². The molecular weight excluding hydrogens is 460 g/mol. The Morgan fingerprint density at radius 2 is 1.88 bits per heavy atom. The number of thiophene rings is 1. The van der Waals surface area contributed by atoms with E-state index in [-0.39, 0.29) is 11.0 Å². The number of rotatable bonds is 9. The maximum absolute atomic E-state index is 14.0.